The maximum Gasteiger partial charge on any atom is 0.275 e. The monoisotopic (exact) mass is 381 g/mol. The van der Waals surface area contributed by atoms with Crippen LogP contribution in [0.3, 0.4) is 0 Å². The van der Waals surface area contributed by atoms with Gasteiger partial charge in [-0.05, 0) is 42.3 Å². The molecule has 0 fully saturated rings. The normalized spacial score (nSPS) is 16.7. The number of amides is 1. The minimum Gasteiger partial charge on any atom is -0.330 e. The minimum atomic E-state index is -0.136. The van der Waals surface area contributed by atoms with Gasteiger partial charge in [0.1, 0.15) is 0 Å². The fourth-order valence-electron chi connectivity index (χ4n) is 3.79. The van der Waals surface area contributed by atoms with Gasteiger partial charge in [0, 0.05) is 23.4 Å². The second-order valence-corrected chi connectivity index (χ2v) is 8.50. The van der Waals surface area contributed by atoms with Gasteiger partial charge in [-0.2, -0.15) is 5.10 Å². The predicted molar refractivity (Wildman–Crippen MR) is 108 cm³/mol. The zero-order valence-electron chi connectivity index (χ0n) is 15.8. The van der Waals surface area contributed by atoms with E-state index in [1.807, 2.05) is 36.9 Å². The summed E-state index contributed by atoms with van der Waals surface area (Å²) in [5.41, 5.74) is 1.46. The minimum absolute atomic E-state index is 0.0125. The molecule has 5 nitrogen and oxygen atoms in total. The van der Waals surface area contributed by atoms with E-state index in [4.69, 9.17) is 0 Å². The van der Waals surface area contributed by atoms with Crippen LogP contribution in [-0.2, 0) is 13.0 Å². The number of hydrogen-bond donors (Lipinski definition) is 0. The molecule has 6 heteroatoms. The molecule has 27 heavy (non-hydrogen) atoms. The molecule has 2 aromatic heterocycles. The smallest absolute Gasteiger partial charge is 0.275 e. The summed E-state index contributed by atoms with van der Waals surface area (Å²) in [4.78, 5) is 29.5. The molecule has 3 aromatic rings. The lowest BCUT2D eigenvalue weighted by Gasteiger charge is -2.33. The van der Waals surface area contributed by atoms with Crippen molar-refractivity contribution in [2.45, 2.75) is 39.8 Å². The number of benzene rings is 1. The van der Waals surface area contributed by atoms with E-state index < -0.39 is 0 Å². The van der Waals surface area contributed by atoms with Crippen molar-refractivity contribution in [2.24, 2.45) is 5.92 Å². The summed E-state index contributed by atoms with van der Waals surface area (Å²) in [6.07, 6.45) is 0.868. The van der Waals surface area contributed by atoms with E-state index in [2.05, 4.69) is 23.5 Å². The van der Waals surface area contributed by atoms with Crippen molar-refractivity contribution in [3.8, 4) is 0 Å². The number of carbonyl (C=O) groups is 1. The van der Waals surface area contributed by atoms with Crippen molar-refractivity contribution in [2.75, 3.05) is 6.54 Å². The Bertz CT molecular complexity index is 1070. The van der Waals surface area contributed by atoms with Crippen molar-refractivity contribution < 1.29 is 4.79 Å². The van der Waals surface area contributed by atoms with Crippen LogP contribution in [-0.4, -0.2) is 27.1 Å². The van der Waals surface area contributed by atoms with Gasteiger partial charge in [0.05, 0.1) is 11.4 Å². The number of rotatable bonds is 3. The van der Waals surface area contributed by atoms with Gasteiger partial charge in [-0.1, -0.05) is 32.0 Å². The lowest BCUT2D eigenvalue weighted by Crippen LogP contribution is -2.40. The van der Waals surface area contributed by atoms with Gasteiger partial charge in [0.25, 0.3) is 11.5 Å². The lowest BCUT2D eigenvalue weighted by molar-refractivity contribution is 0.0672. The first-order valence-corrected chi connectivity index (χ1v) is 10.2. The number of nitrogens with zero attached hydrogens (tertiary/aromatic N) is 3. The van der Waals surface area contributed by atoms with Crippen LogP contribution in [0.2, 0.25) is 0 Å². The average molecular weight is 382 g/mol. The Morgan fingerprint density at radius 3 is 2.74 bits per heavy atom. The highest BCUT2D eigenvalue weighted by molar-refractivity contribution is 7.10. The first-order valence-electron chi connectivity index (χ1n) is 9.34. The number of fused-ring (bicyclic) bond motifs is 2. The maximum absolute atomic E-state index is 13.5. The molecule has 0 radical (unpaired) electrons. The van der Waals surface area contributed by atoms with Crippen LogP contribution in [0.4, 0.5) is 0 Å². The molecule has 1 amide bonds. The van der Waals surface area contributed by atoms with E-state index in [1.165, 1.54) is 15.1 Å². The molecule has 0 saturated heterocycles. The highest BCUT2D eigenvalue weighted by Crippen LogP contribution is 2.34. The Hall–Kier alpha value is -2.47. The summed E-state index contributed by atoms with van der Waals surface area (Å²) in [6, 6.07) is 9.40. The Balaban J connectivity index is 1.82. The summed E-state index contributed by atoms with van der Waals surface area (Å²) in [5, 5.41) is 7.79. The van der Waals surface area contributed by atoms with Crippen LogP contribution >= 0.6 is 11.3 Å². The summed E-state index contributed by atoms with van der Waals surface area (Å²) < 4.78 is 1.45. The molecular formula is C21H23N3O2S. The first kappa shape index (κ1) is 17.9. The van der Waals surface area contributed by atoms with Gasteiger partial charge >= 0.3 is 0 Å². The third kappa shape index (κ3) is 3.08. The van der Waals surface area contributed by atoms with Crippen molar-refractivity contribution in [3.63, 3.8) is 0 Å². The summed E-state index contributed by atoms with van der Waals surface area (Å²) >= 11 is 1.75. The number of aromatic nitrogens is 2. The van der Waals surface area contributed by atoms with Gasteiger partial charge in [0.2, 0.25) is 0 Å². The van der Waals surface area contributed by atoms with Crippen molar-refractivity contribution in [1.29, 1.82) is 0 Å². The van der Waals surface area contributed by atoms with E-state index in [-0.39, 0.29) is 23.4 Å². The Morgan fingerprint density at radius 1 is 1.26 bits per heavy atom. The van der Waals surface area contributed by atoms with Crippen LogP contribution in [0.1, 0.15) is 47.7 Å². The van der Waals surface area contributed by atoms with Crippen molar-refractivity contribution in [1.82, 2.24) is 14.7 Å². The summed E-state index contributed by atoms with van der Waals surface area (Å²) in [6.45, 7) is 7.31. The zero-order valence-corrected chi connectivity index (χ0v) is 16.6. The molecule has 1 aromatic carbocycles. The van der Waals surface area contributed by atoms with Gasteiger partial charge in [-0.3, -0.25) is 9.59 Å². The quantitative estimate of drug-likeness (QED) is 0.692. The molecule has 0 spiro atoms. The number of thiophene rings is 1. The fraction of sp³-hybridized carbons (Fsp3) is 0.381. The largest absolute Gasteiger partial charge is 0.330 e. The van der Waals surface area contributed by atoms with Gasteiger partial charge in [-0.25, -0.2) is 4.68 Å². The molecule has 0 N–H and O–H groups in total. The van der Waals surface area contributed by atoms with Gasteiger partial charge in [-0.15, -0.1) is 11.3 Å². The molecule has 1 aliphatic heterocycles. The van der Waals surface area contributed by atoms with Crippen LogP contribution < -0.4 is 5.56 Å². The first-order chi connectivity index (χ1) is 13.0. The second-order valence-electron chi connectivity index (χ2n) is 7.50. The van der Waals surface area contributed by atoms with E-state index in [9.17, 15) is 9.59 Å². The topological polar surface area (TPSA) is 55.2 Å². The van der Waals surface area contributed by atoms with Crippen LogP contribution in [0, 0.1) is 5.92 Å². The van der Waals surface area contributed by atoms with Gasteiger partial charge in [0.15, 0.2) is 5.69 Å². The third-order valence-corrected chi connectivity index (χ3v) is 6.14. The molecule has 0 bridgehead atoms. The van der Waals surface area contributed by atoms with E-state index in [0.717, 1.165) is 6.42 Å². The SMILES string of the molecule is CC(C)Cn1nc(C(=O)N2CCc3sccc3[C@H]2C)c2ccccc2c1=O. The molecule has 1 aliphatic rings. The lowest BCUT2D eigenvalue weighted by atomic mass is 10.0. The average Bonchev–Trinajstić information content (AvgIpc) is 3.13. The van der Waals surface area contributed by atoms with E-state index >= 15 is 0 Å². The molecule has 3 heterocycles. The van der Waals surface area contributed by atoms with Crippen LogP contribution in [0.5, 0.6) is 0 Å². The molecule has 0 aliphatic carbocycles. The van der Waals surface area contributed by atoms with Crippen LogP contribution in [0.25, 0.3) is 10.8 Å². The molecule has 1 atom stereocenters. The zero-order chi connectivity index (χ0) is 19.1. The molecule has 140 valence electrons. The standard InChI is InChI=1S/C21H23N3O2S/c1-13(2)12-24-20(25)17-7-5-4-6-16(17)19(22-24)21(26)23-10-8-18-15(14(23)3)9-11-27-18/h4-7,9,11,13-14H,8,10,12H2,1-3H3/t14-/m1/s1. The summed E-state index contributed by atoms with van der Waals surface area (Å²) in [7, 11) is 0. The van der Waals surface area contributed by atoms with Crippen molar-refractivity contribution in [3.05, 3.63) is 62.2 Å². The third-order valence-electron chi connectivity index (χ3n) is 5.15. The Morgan fingerprint density at radius 2 is 2.00 bits per heavy atom. The van der Waals surface area contributed by atoms with Crippen molar-refractivity contribution >= 4 is 28.0 Å². The maximum atomic E-state index is 13.5. The highest BCUT2D eigenvalue weighted by Gasteiger charge is 2.31. The summed E-state index contributed by atoms with van der Waals surface area (Å²) in [5.74, 6) is 0.162. The highest BCUT2D eigenvalue weighted by atomic mass is 32.1. The Kier molecular flexibility index (Phi) is 4.60. The molecule has 4 rings (SSSR count). The molecular weight excluding hydrogens is 358 g/mol. The number of carbonyl (C=O) groups excluding carboxylic acids is 1. The number of hydrogen-bond acceptors (Lipinski definition) is 4. The fourth-order valence-corrected chi connectivity index (χ4v) is 4.75. The second kappa shape index (κ2) is 6.93. The molecule has 0 unspecified atom stereocenters. The molecule has 0 saturated carbocycles. The predicted octanol–water partition coefficient (Wildman–Crippen LogP) is 3.87. The van der Waals surface area contributed by atoms with Gasteiger partial charge < -0.3 is 4.90 Å². The Labute approximate surface area is 162 Å². The van der Waals surface area contributed by atoms with E-state index in [0.29, 0.717) is 29.6 Å². The van der Waals surface area contributed by atoms with E-state index in [1.54, 1.807) is 17.4 Å². The van der Waals surface area contributed by atoms with Crippen LogP contribution in [0.15, 0.2) is 40.5 Å².